The van der Waals surface area contributed by atoms with Crippen LogP contribution in [0.15, 0.2) is 17.6 Å². The largest absolute Gasteiger partial charge is 0.352 e. The molecular weight excluding hydrogens is 310 g/mol. The average Bonchev–Trinajstić information content (AvgIpc) is 2.92. The Morgan fingerprint density at radius 2 is 2.17 bits per heavy atom. The van der Waals surface area contributed by atoms with E-state index in [1.807, 2.05) is 14.0 Å². The third kappa shape index (κ3) is 3.49. The summed E-state index contributed by atoms with van der Waals surface area (Å²) >= 11 is 1.47. The number of nitrogens with one attached hydrogen (secondary N) is 1. The molecule has 1 amide bonds. The van der Waals surface area contributed by atoms with Crippen LogP contribution >= 0.6 is 11.8 Å². The van der Waals surface area contributed by atoms with Crippen LogP contribution in [0.1, 0.15) is 39.5 Å². The molecule has 0 saturated heterocycles. The van der Waals surface area contributed by atoms with E-state index in [0.717, 1.165) is 22.5 Å². The number of thioether (sulfide) groups is 1. The van der Waals surface area contributed by atoms with Gasteiger partial charge in [-0.1, -0.05) is 31.5 Å². The SMILES string of the molecule is CC(Sc1ncnc2c1cnn2C)C(=O)NC1CCCCC1C. The average molecular weight is 333 g/mol. The molecule has 3 rings (SSSR count). The number of aryl methyl sites for hydroxylation is 1. The summed E-state index contributed by atoms with van der Waals surface area (Å²) < 4.78 is 1.72. The first kappa shape index (κ1) is 16.2. The zero-order valence-corrected chi connectivity index (χ0v) is 14.6. The highest BCUT2D eigenvalue weighted by Crippen LogP contribution is 2.28. The van der Waals surface area contributed by atoms with Crippen LogP contribution in [0.4, 0.5) is 0 Å². The van der Waals surface area contributed by atoms with Crippen LogP contribution in [0.25, 0.3) is 11.0 Å². The van der Waals surface area contributed by atoms with Gasteiger partial charge in [-0.3, -0.25) is 9.48 Å². The molecule has 2 heterocycles. The molecular formula is C16H23N5OS. The van der Waals surface area contributed by atoms with E-state index in [-0.39, 0.29) is 11.2 Å². The monoisotopic (exact) mass is 333 g/mol. The van der Waals surface area contributed by atoms with E-state index in [4.69, 9.17) is 0 Å². The van der Waals surface area contributed by atoms with E-state index in [0.29, 0.717) is 12.0 Å². The summed E-state index contributed by atoms with van der Waals surface area (Å²) in [5.74, 6) is 0.651. The molecule has 7 heteroatoms. The summed E-state index contributed by atoms with van der Waals surface area (Å²) in [7, 11) is 1.85. The highest BCUT2D eigenvalue weighted by Gasteiger charge is 2.25. The maximum absolute atomic E-state index is 12.5. The number of fused-ring (bicyclic) bond motifs is 1. The lowest BCUT2D eigenvalue weighted by Gasteiger charge is -2.30. The minimum Gasteiger partial charge on any atom is -0.352 e. The number of nitrogens with zero attached hydrogens (tertiary/aromatic N) is 4. The van der Waals surface area contributed by atoms with Crippen molar-refractivity contribution in [2.45, 2.75) is 55.8 Å². The number of hydrogen-bond acceptors (Lipinski definition) is 5. The van der Waals surface area contributed by atoms with Gasteiger partial charge in [0.25, 0.3) is 0 Å². The fraction of sp³-hybridized carbons (Fsp3) is 0.625. The van der Waals surface area contributed by atoms with Gasteiger partial charge in [-0.2, -0.15) is 5.10 Å². The predicted octanol–water partition coefficient (Wildman–Crippen LogP) is 2.54. The third-order valence-electron chi connectivity index (χ3n) is 4.59. The molecule has 0 spiro atoms. The molecule has 1 N–H and O–H groups in total. The second-order valence-electron chi connectivity index (χ2n) is 6.32. The minimum atomic E-state index is -0.192. The van der Waals surface area contributed by atoms with Gasteiger partial charge in [-0.15, -0.1) is 0 Å². The first-order valence-electron chi connectivity index (χ1n) is 8.16. The fourth-order valence-corrected chi connectivity index (χ4v) is 3.98. The van der Waals surface area contributed by atoms with E-state index in [1.165, 1.54) is 37.4 Å². The van der Waals surface area contributed by atoms with Crippen molar-refractivity contribution in [1.29, 1.82) is 0 Å². The highest BCUT2D eigenvalue weighted by atomic mass is 32.2. The molecule has 2 aromatic heterocycles. The van der Waals surface area contributed by atoms with Crippen molar-refractivity contribution in [3.8, 4) is 0 Å². The van der Waals surface area contributed by atoms with Crippen molar-refractivity contribution < 1.29 is 4.79 Å². The van der Waals surface area contributed by atoms with E-state index in [2.05, 4.69) is 27.3 Å². The van der Waals surface area contributed by atoms with Crippen molar-refractivity contribution in [3.05, 3.63) is 12.5 Å². The van der Waals surface area contributed by atoms with Gasteiger partial charge in [0.2, 0.25) is 5.91 Å². The van der Waals surface area contributed by atoms with Gasteiger partial charge in [0.05, 0.1) is 16.8 Å². The Labute approximate surface area is 140 Å². The fourth-order valence-electron chi connectivity index (χ4n) is 3.09. The van der Waals surface area contributed by atoms with E-state index in [1.54, 1.807) is 10.9 Å². The zero-order valence-electron chi connectivity index (χ0n) is 13.8. The highest BCUT2D eigenvalue weighted by molar-refractivity contribution is 8.00. The molecule has 23 heavy (non-hydrogen) atoms. The summed E-state index contributed by atoms with van der Waals surface area (Å²) in [5.41, 5.74) is 0.788. The first-order valence-corrected chi connectivity index (χ1v) is 9.04. The van der Waals surface area contributed by atoms with Crippen LogP contribution in [0.3, 0.4) is 0 Å². The number of amides is 1. The molecule has 0 aliphatic heterocycles. The van der Waals surface area contributed by atoms with Crippen molar-refractivity contribution in [1.82, 2.24) is 25.1 Å². The van der Waals surface area contributed by atoms with Gasteiger partial charge >= 0.3 is 0 Å². The predicted molar refractivity (Wildman–Crippen MR) is 91.2 cm³/mol. The number of rotatable bonds is 4. The Morgan fingerprint density at radius 1 is 1.39 bits per heavy atom. The summed E-state index contributed by atoms with van der Waals surface area (Å²) in [5, 5.41) is 8.94. The summed E-state index contributed by atoms with van der Waals surface area (Å²) in [6.45, 7) is 4.16. The zero-order chi connectivity index (χ0) is 16.4. The van der Waals surface area contributed by atoms with Gasteiger partial charge in [-0.05, 0) is 25.7 Å². The van der Waals surface area contributed by atoms with Crippen molar-refractivity contribution in [2.75, 3.05) is 0 Å². The lowest BCUT2D eigenvalue weighted by molar-refractivity contribution is -0.121. The number of carbonyl (C=O) groups excluding carboxylic acids is 1. The number of hydrogen-bond donors (Lipinski definition) is 1. The maximum atomic E-state index is 12.5. The Bertz CT molecular complexity index is 701. The van der Waals surface area contributed by atoms with E-state index >= 15 is 0 Å². The number of aromatic nitrogens is 4. The molecule has 1 saturated carbocycles. The van der Waals surface area contributed by atoms with Gasteiger partial charge in [-0.25, -0.2) is 9.97 Å². The lowest BCUT2D eigenvalue weighted by atomic mass is 9.86. The standard InChI is InChI=1S/C16H23N5OS/c1-10-6-4-5-7-13(10)20-15(22)11(2)23-16-12-8-19-21(3)14(12)17-9-18-16/h8-11,13H,4-7H2,1-3H3,(H,20,22). The molecule has 1 fully saturated rings. The Kier molecular flexibility index (Phi) is 4.84. The minimum absolute atomic E-state index is 0.0874. The maximum Gasteiger partial charge on any atom is 0.233 e. The van der Waals surface area contributed by atoms with Crippen molar-refractivity contribution in [3.63, 3.8) is 0 Å². The Hall–Kier alpha value is -1.63. The molecule has 0 bridgehead atoms. The molecule has 2 aromatic rings. The van der Waals surface area contributed by atoms with Crippen molar-refractivity contribution in [2.24, 2.45) is 13.0 Å². The second kappa shape index (κ2) is 6.86. The normalized spacial score (nSPS) is 22.9. The molecule has 0 radical (unpaired) electrons. The second-order valence-corrected chi connectivity index (χ2v) is 7.65. The van der Waals surface area contributed by atoms with Crippen LogP contribution in [0, 0.1) is 5.92 Å². The molecule has 124 valence electrons. The quantitative estimate of drug-likeness (QED) is 0.687. The van der Waals surface area contributed by atoms with Crippen LogP contribution in [-0.2, 0) is 11.8 Å². The molecule has 3 atom stereocenters. The summed E-state index contributed by atoms with van der Waals surface area (Å²) in [6.07, 6.45) is 8.06. The van der Waals surface area contributed by atoms with Gasteiger partial charge < -0.3 is 5.32 Å². The molecule has 0 aromatic carbocycles. The van der Waals surface area contributed by atoms with Crippen LogP contribution < -0.4 is 5.32 Å². The van der Waals surface area contributed by atoms with E-state index < -0.39 is 0 Å². The van der Waals surface area contributed by atoms with Gasteiger partial charge in [0.15, 0.2) is 5.65 Å². The van der Waals surface area contributed by atoms with Crippen LogP contribution in [-0.4, -0.2) is 36.9 Å². The smallest absolute Gasteiger partial charge is 0.233 e. The van der Waals surface area contributed by atoms with Crippen LogP contribution in [0.5, 0.6) is 0 Å². The summed E-state index contributed by atoms with van der Waals surface area (Å²) in [6, 6.07) is 0.308. The molecule has 6 nitrogen and oxygen atoms in total. The summed E-state index contributed by atoms with van der Waals surface area (Å²) in [4.78, 5) is 21.1. The Balaban J connectivity index is 1.68. The Morgan fingerprint density at radius 3 is 2.96 bits per heavy atom. The number of carbonyl (C=O) groups is 1. The molecule has 1 aliphatic carbocycles. The van der Waals surface area contributed by atoms with Gasteiger partial charge in [0.1, 0.15) is 11.4 Å². The molecule has 1 aliphatic rings. The third-order valence-corrected chi connectivity index (χ3v) is 5.71. The van der Waals surface area contributed by atoms with Crippen LogP contribution in [0.2, 0.25) is 0 Å². The molecule has 3 unspecified atom stereocenters. The van der Waals surface area contributed by atoms with E-state index in [9.17, 15) is 4.79 Å². The van der Waals surface area contributed by atoms with Crippen molar-refractivity contribution >= 4 is 28.7 Å². The van der Waals surface area contributed by atoms with Gasteiger partial charge in [0, 0.05) is 13.1 Å². The topological polar surface area (TPSA) is 72.7 Å². The lowest BCUT2D eigenvalue weighted by Crippen LogP contribution is -2.44. The first-order chi connectivity index (χ1) is 11.1.